The number of hydrogen-bond donors (Lipinski definition) is 4. The maximum atomic E-state index is 14.1. The maximum Gasteiger partial charge on any atom is 0.258 e. The molecule has 158 valence electrons. The number of fused-ring (bicyclic) bond motifs is 1. The number of carbonyl (C=O) groups is 2. The Hall–Kier alpha value is -3.72. The third-order valence-electron chi connectivity index (χ3n) is 4.74. The van der Waals surface area contributed by atoms with Gasteiger partial charge in [0.15, 0.2) is 0 Å². The molecule has 3 aromatic rings. The molecule has 1 aromatic heterocycles. The molecule has 10 heteroatoms. The van der Waals surface area contributed by atoms with Crippen LogP contribution in [0.25, 0.3) is 0 Å². The van der Waals surface area contributed by atoms with Gasteiger partial charge < -0.3 is 16.0 Å². The van der Waals surface area contributed by atoms with Gasteiger partial charge in [-0.05, 0) is 42.8 Å². The lowest BCUT2D eigenvalue weighted by Gasteiger charge is -2.23. The molecular formula is C21H17ClFN5O3. The van der Waals surface area contributed by atoms with Crippen molar-refractivity contribution in [2.45, 2.75) is 19.3 Å². The smallest absolute Gasteiger partial charge is 0.258 e. The number of amides is 2. The number of carbonyl (C=O) groups excluding carboxylic acids is 2. The fraction of sp³-hybridized carbons (Fsp3) is 0.143. The Morgan fingerprint density at radius 3 is 2.77 bits per heavy atom. The molecule has 1 aliphatic heterocycles. The van der Waals surface area contributed by atoms with Crippen LogP contribution < -0.4 is 21.5 Å². The molecule has 31 heavy (non-hydrogen) atoms. The summed E-state index contributed by atoms with van der Waals surface area (Å²) >= 11 is 5.96. The van der Waals surface area contributed by atoms with Crippen molar-refractivity contribution in [1.29, 1.82) is 0 Å². The zero-order chi connectivity index (χ0) is 22.1. The molecule has 2 aromatic carbocycles. The predicted octanol–water partition coefficient (Wildman–Crippen LogP) is 3.68. The zero-order valence-electron chi connectivity index (χ0n) is 16.3. The van der Waals surface area contributed by atoms with Crippen LogP contribution in [0.3, 0.4) is 0 Å². The van der Waals surface area contributed by atoms with Gasteiger partial charge in [-0.2, -0.15) is 4.98 Å². The van der Waals surface area contributed by atoms with E-state index in [4.69, 9.17) is 11.6 Å². The molecule has 0 spiro atoms. The number of H-pyrrole nitrogens is 1. The summed E-state index contributed by atoms with van der Waals surface area (Å²) in [5.74, 6) is -2.86. The van der Waals surface area contributed by atoms with Crippen LogP contribution in [0.2, 0.25) is 5.02 Å². The number of hydrogen-bond acceptors (Lipinski definition) is 5. The van der Waals surface area contributed by atoms with Gasteiger partial charge in [0.1, 0.15) is 11.6 Å². The van der Waals surface area contributed by atoms with Crippen molar-refractivity contribution in [3.8, 4) is 0 Å². The fourth-order valence-electron chi connectivity index (χ4n) is 3.30. The van der Waals surface area contributed by atoms with Gasteiger partial charge in [0.25, 0.3) is 5.56 Å². The summed E-state index contributed by atoms with van der Waals surface area (Å²) in [6.07, 6.45) is -0.266. The van der Waals surface area contributed by atoms with Crippen molar-refractivity contribution >= 4 is 46.6 Å². The summed E-state index contributed by atoms with van der Waals surface area (Å²) in [7, 11) is 0. The van der Waals surface area contributed by atoms with Crippen LogP contribution >= 0.6 is 11.6 Å². The second kappa shape index (κ2) is 8.19. The monoisotopic (exact) mass is 441 g/mol. The number of anilines is 4. The molecule has 2 heterocycles. The van der Waals surface area contributed by atoms with E-state index in [1.165, 1.54) is 12.1 Å². The van der Waals surface area contributed by atoms with Crippen molar-refractivity contribution in [3.05, 3.63) is 74.8 Å². The van der Waals surface area contributed by atoms with Crippen molar-refractivity contribution in [3.63, 3.8) is 0 Å². The first kappa shape index (κ1) is 20.5. The van der Waals surface area contributed by atoms with Crippen LogP contribution in [0.15, 0.2) is 47.3 Å². The topological polar surface area (TPSA) is 116 Å². The Morgan fingerprint density at radius 2 is 2.03 bits per heavy atom. The summed E-state index contributed by atoms with van der Waals surface area (Å²) in [6, 6.07) is 11.1. The first-order chi connectivity index (χ1) is 14.8. The maximum absolute atomic E-state index is 14.1. The van der Waals surface area contributed by atoms with E-state index in [0.717, 1.165) is 0 Å². The number of aryl methyl sites for hydroxylation is 1. The second-order valence-corrected chi connectivity index (χ2v) is 7.53. The van der Waals surface area contributed by atoms with Crippen LogP contribution in [-0.4, -0.2) is 21.8 Å². The number of aromatic amines is 1. The van der Waals surface area contributed by atoms with Crippen LogP contribution in [0.5, 0.6) is 0 Å². The van der Waals surface area contributed by atoms with E-state index in [1.807, 2.05) is 0 Å². The Kier molecular flexibility index (Phi) is 5.43. The highest BCUT2D eigenvalue weighted by Gasteiger charge is 2.35. The summed E-state index contributed by atoms with van der Waals surface area (Å²) in [5, 5.41) is 8.35. The first-order valence-electron chi connectivity index (χ1n) is 9.34. The third kappa shape index (κ3) is 4.41. The number of aromatic nitrogens is 2. The van der Waals surface area contributed by atoms with E-state index < -0.39 is 29.1 Å². The number of nitrogens with zero attached hydrogens (tertiary/aromatic N) is 1. The van der Waals surface area contributed by atoms with Crippen LogP contribution in [0, 0.1) is 12.7 Å². The lowest BCUT2D eigenvalue weighted by molar-refractivity contribution is -0.123. The molecule has 0 saturated heterocycles. The molecule has 0 bridgehead atoms. The Labute approximate surface area is 180 Å². The summed E-state index contributed by atoms with van der Waals surface area (Å²) in [5.41, 5.74) is 0.632. The van der Waals surface area contributed by atoms with Gasteiger partial charge >= 0.3 is 0 Å². The van der Waals surface area contributed by atoms with Crippen LogP contribution in [-0.2, 0) is 9.59 Å². The molecule has 0 radical (unpaired) electrons. The standard InChI is InChI=1S/C21H17ClFN5O3/c1-10-5-6-15(14(23)7-10)25-19(30)13-9-16(29)26-18-17(13)20(31)28-21(27-18)24-12-4-2-3-11(22)8-12/h2-8,13H,9H2,1H3,(H,25,30)(H3,24,26,27,28,29,31). The van der Waals surface area contributed by atoms with Gasteiger partial charge in [0.2, 0.25) is 17.8 Å². The molecule has 0 aliphatic carbocycles. The molecule has 4 rings (SSSR count). The Balaban J connectivity index is 1.65. The van der Waals surface area contributed by atoms with Crippen LogP contribution in [0.4, 0.5) is 27.5 Å². The molecule has 8 nitrogen and oxygen atoms in total. The zero-order valence-corrected chi connectivity index (χ0v) is 17.0. The SMILES string of the molecule is Cc1ccc(NC(=O)C2CC(=O)Nc3nc(Nc4cccc(Cl)c4)[nH]c(=O)c32)c(F)c1. The van der Waals surface area contributed by atoms with E-state index >= 15 is 0 Å². The van der Waals surface area contributed by atoms with Gasteiger partial charge in [-0.25, -0.2) is 4.39 Å². The Bertz CT molecular complexity index is 1260. The minimum Gasteiger partial charge on any atom is -0.326 e. The summed E-state index contributed by atoms with van der Waals surface area (Å²) < 4.78 is 14.1. The van der Waals surface area contributed by atoms with E-state index in [-0.39, 0.29) is 29.4 Å². The molecule has 4 N–H and O–H groups in total. The molecule has 0 saturated carbocycles. The fourth-order valence-corrected chi connectivity index (χ4v) is 3.49. The average Bonchev–Trinajstić information content (AvgIpc) is 2.69. The largest absolute Gasteiger partial charge is 0.326 e. The Morgan fingerprint density at radius 1 is 1.23 bits per heavy atom. The second-order valence-electron chi connectivity index (χ2n) is 7.09. The van der Waals surface area contributed by atoms with E-state index in [9.17, 15) is 18.8 Å². The number of rotatable bonds is 4. The third-order valence-corrected chi connectivity index (χ3v) is 4.97. The van der Waals surface area contributed by atoms with E-state index in [0.29, 0.717) is 16.3 Å². The molecular weight excluding hydrogens is 425 g/mol. The number of nitrogens with one attached hydrogen (secondary N) is 4. The molecule has 2 amide bonds. The van der Waals surface area contributed by atoms with E-state index in [1.54, 1.807) is 37.3 Å². The summed E-state index contributed by atoms with van der Waals surface area (Å²) in [6.45, 7) is 1.72. The first-order valence-corrected chi connectivity index (χ1v) is 9.71. The van der Waals surface area contributed by atoms with Crippen molar-refractivity contribution in [2.24, 2.45) is 0 Å². The molecule has 1 atom stereocenters. The average molecular weight is 442 g/mol. The summed E-state index contributed by atoms with van der Waals surface area (Å²) in [4.78, 5) is 44.5. The lowest BCUT2D eigenvalue weighted by atomic mass is 9.92. The lowest BCUT2D eigenvalue weighted by Crippen LogP contribution is -2.36. The van der Waals surface area contributed by atoms with Crippen LogP contribution in [0.1, 0.15) is 23.5 Å². The van der Waals surface area contributed by atoms with Gasteiger partial charge in [-0.3, -0.25) is 19.4 Å². The van der Waals surface area contributed by atoms with Crippen molar-refractivity contribution in [1.82, 2.24) is 9.97 Å². The van der Waals surface area contributed by atoms with Gasteiger partial charge in [-0.15, -0.1) is 0 Å². The molecule has 1 aliphatic rings. The number of benzene rings is 2. The van der Waals surface area contributed by atoms with Gasteiger partial charge in [0.05, 0.1) is 17.2 Å². The normalized spacial score (nSPS) is 15.1. The number of halogens is 2. The highest BCUT2D eigenvalue weighted by molar-refractivity contribution is 6.30. The highest BCUT2D eigenvalue weighted by Crippen LogP contribution is 2.30. The van der Waals surface area contributed by atoms with Gasteiger partial charge in [-0.1, -0.05) is 23.7 Å². The molecule has 0 fully saturated rings. The minimum atomic E-state index is -1.12. The molecule has 1 unspecified atom stereocenters. The van der Waals surface area contributed by atoms with E-state index in [2.05, 4.69) is 25.9 Å². The quantitative estimate of drug-likeness (QED) is 0.493. The van der Waals surface area contributed by atoms with Crippen molar-refractivity contribution < 1.29 is 14.0 Å². The highest BCUT2D eigenvalue weighted by atomic mass is 35.5. The minimum absolute atomic E-state index is 0.00117. The predicted molar refractivity (Wildman–Crippen MR) is 115 cm³/mol. The van der Waals surface area contributed by atoms with Crippen molar-refractivity contribution in [2.75, 3.05) is 16.0 Å². The van der Waals surface area contributed by atoms with Gasteiger partial charge in [0, 0.05) is 17.1 Å².